The Kier molecular flexibility index (Phi) is 5.59. The number of H-pyrrole nitrogens is 1. The molecule has 0 saturated carbocycles. The molecule has 0 aliphatic carbocycles. The maximum Gasteiger partial charge on any atom is 0.251 e. The molecule has 0 aliphatic rings. The number of hydrogen-bond donors (Lipinski definition) is 2. The van der Waals surface area contributed by atoms with Gasteiger partial charge in [0, 0.05) is 51.4 Å². The number of halogens is 3. The lowest BCUT2D eigenvalue weighted by Gasteiger charge is -2.16. The molecule has 6 nitrogen and oxygen atoms in total. The van der Waals surface area contributed by atoms with Crippen LogP contribution >= 0.6 is 15.9 Å². The first-order valence-electron chi connectivity index (χ1n) is 10.3. The Hall–Kier alpha value is -4.03. The van der Waals surface area contributed by atoms with Gasteiger partial charge in [0.2, 0.25) is 0 Å². The van der Waals surface area contributed by atoms with Crippen molar-refractivity contribution in [1.82, 2.24) is 19.7 Å². The van der Waals surface area contributed by atoms with E-state index in [9.17, 15) is 13.6 Å². The second-order valence-corrected chi connectivity index (χ2v) is 8.48. The average molecular weight is 520 g/mol. The van der Waals surface area contributed by atoms with E-state index < -0.39 is 23.6 Å². The Balaban J connectivity index is 1.62. The third kappa shape index (κ3) is 3.93. The molecular formula is C25H16BrF2N5O. The molecule has 5 rings (SSSR count). The summed E-state index contributed by atoms with van der Waals surface area (Å²) in [6.45, 7) is 0. The van der Waals surface area contributed by atoms with Gasteiger partial charge in [0.05, 0.1) is 11.6 Å². The van der Waals surface area contributed by atoms with E-state index in [0.717, 1.165) is 28.1 Å². The van der Waals surface area contributed by atoms with Gasteiger partial charge in [-0.25, -0.2) is 13.8 Å². The highest BCUT2D eigenvalue weighted by molar-refractivity contribution is 9.10. The first kappa shape index (κ1) is 21.8. The maximum atomic E-state index is 14.8. The molecule has 3 heterocycles. The van der Waals surface area contributed by atoms with Gasteiger partial charge in [-0.2, -0.15) is 5.10 Å². The van der Waals surface area contributed by atoms with Crippen molar-refractivity contribution in [3.63, 3.8) is 0 Å². The summed E-state index contributed by atoms with van der Waals surface area (Å²) < 4.78 is 31.2. The summed E-state index contributed by atoms with van der Waals surface area (Å²) in [7, 11) is 0. The highest BCUT2D eigenvalue weighted by atomic mass is 79.9. The van der Waals surface area contributed by atoms with Crippen LogP contribution in [0, 0.1) is 23.5 Å². The van der Waals surface area contributed by atoms with Gasteiger partial charge < -0.3 is 10.7 Å². The fourth-order valence-electron chi connectivity index (χ4n) is 3.87. The zero-order valence-corrected chi connectivity index (χ0v) is 19.1. The van der Waals surface area contributed by atoms with Crippen molar-refractivity contribution in [3.05, 3.63) is 93.9 Å². The van der Waals surface area contributed by atoms with Gasteiger partial charge >= 0.3 is 0 Å². The lowest BCUT2D eigenvalue weighted by atomic mass is 10.0. The molecular weight excluding hydrogens is 504 g/mol. The molecule has 0 fully saturated rings. The maximum absolute atomic E-state index is 14.8. The number of nitrogens with two attached hydrogens (primary N) is 1. The van der Waals surface area contributed by atoms with Crippen molar-refractivity contribution in [3.8, 4) is 11.8 Å². The van der Waals surface area contributed by atoms with Crippen molar-refractivity contribution in [2.24, 2.45) is 5.73 Å². The van der Waals surface area contributed by atoms with E-state index in [1.807, 2.05) is 18.2 Å². The van der Waals surface area contributed by atoms with Gasteiger partial charge in [0.1, 0.15) is 22.8 Å². The summed E-state index contributed by atoms with van der Waals surface area (Å²) >= 11 is 3.48. The van der Waals surface area contributed by atoms with E-state index in [0.29, 0.717) is 22.1 Å². The first-order valence-corrected chi connectivity index (χ1v) is 11.0. The van der Waals surface area contributed by atoms with Crippen LogP contribution in [0.3, 0.4) is 0 Å². The molecule has 3 N–H and O–H groups in total. The summed E-state index contributed by atoms with van der Waals surface area (Å²) in [5, 5.41) is 6.08. The van der Waals surface area contributed by atoms with Crippen LogP contribution in [-0.4, -0.2) is 25.7 Å². The van der Waals surface area contributed by atoms with Gasteiger partial charge in [-0.15, -0.1) is 0 Å². The quantitative estimate of drug-likeness (QED) is 0.324. The number of carbonyl (C=O) groups excluding carboxylic acids is 1. The third-order valence-electron chi connectivity index (χ3n) is 5.50. The standard InChI is InChI=1S/C25H16BrF2N5O/c26-20-5-1-3-14-13-33(32-23(14)20)22(18-11-15(27)7-8-21(18)28)6-2-4-16-17-9-10-30-25(17)31-12-19(16)24(29)34/h1,3,5,7-13,22H,6H2,(H2,29,34)(H,30,31). The van der Waals surface area contributed by atoms with Crippen LogP contribution in [0.5, 0.6) is 0 Å². The smallest absolute Gasteiger partial charge is 0.251 e. The number of benzene rings is 2. The van der Waals surface area contributed by atoms with Crippen molar-refractivity contribution in [2.45, 2.75) is 12.5 Å². The zero-order chi connectivity index (χ0) is 23.8. The first-order chi connectivity index (χ1) is 16.4. The van der Waals surface area contributed by atoms with E-state index in [1.165, 1.54) is 6.20 Å². The molecule has 0 saturated heterocycles. The minimum Gasteiger partial charge on any atom is -0.366 e. The van der Waals surface area contributed by atoms with E-state index in [4.69, 9.17) is 5.73 Å². The zero-order valence-electron chi connectivity index (χ0n) is 17.5. The third-order valence-corrected chi connectivity index (χ3v) is 6.14. The molecule has 0 aliphatic heterocycles. The summed E-state index contributed by atoms with van der Waals surface area (Å²) in [6, 6.07) is 9.93. The predicted octanol–water partition coefficient (Wildman–Crippen LogP) is 5.08. The van der Waals surface area contributed by atoms with Crippen LogP contribution < -0.4 is 5.73 Å². The number of hydrogen-bond acceptors (Lipinski definition) is 3. The van der Waals surface area contributed by atoms with Gasteiger partial charge in [0.25, 0.3) is 5.91 Å². The Morgan fingerprint density at radius 3 is 2.88 bits per heavy atom. The summed E-state index contributed by atoms with van der Waals surface area (Å²) in [5.41, 5.74) is 7.49. The predicted molar refractivity (Wildman–Crippen MR) is 128 cm³/mol. The SMILES string of the molecule is NC(=O)c1cnc2[nH]ccc2c1C#CCC(c1cc(F)ccc1F)n1cc2cccc(Br)c2n1. The van der Waals surface area contributed by atoms with Crippen LogP contribution in [0.25, 0.3) is 21.9 Å². The highest BCUT2D eigenvalue weighted by Crippen LogP contribution is 2.29. The number of primary amides is 1. The fourth-order valence-corrected chi connectivity index (χ4v) is 4.33. The fraction of sp³-hybridized carbons (Fsp3) is 0.0800. The van der Waals surface area contributed by atoms with Gasteiger partial charge in [-0.3, -0.25) is 9.48 Å². The monoisotopic (exact) mass is 519 g/mol. The molecule has 1 unspecified atom stereocenters. The number of amides is 1. The van der Waals surface area contributed by atoms with Crippen molar-refractivity contribution >= 4 is 43.8 Å². The molecule has 0 spiro atoms. The number of nitrogens with one attached hydrogen (secondary N) is 1. The molecule has 34 heavy (non-hydrogen) atoms. The van der Waals surface area contributed by atoms with E-state index in [1.54, 1.807) is 23.1 Å². The topological polar surface area (TPSA) is 89.6 Å². The average Bonchev–Trinajstić information content (AvgIpc) is 3.46. The summed E-state index contributed by atoms with van der Waals surface area (Å²) in [6.07, 6.45) is 4.92. The molecule has 9 heteroatoms. The number of aromatic nitrogens is 4. The minimum atomic E-state index is -0.719. The lowest BCUT2D eigenvalue weighted by Crippen LogP contribution is -2.14. The van der Waals surface area contributed by atoms with Gasteiger partial charge in [0.15, 0.2) is 0 Å². The van der Waals surface area contributed by atoms with Gasteiger partial charge in [-0.1, -0.05) is 24.0 Å². The van der Waals surface area contributed by atoms with Crippen molar-refractivity contribution in [1.29, 1.82) is 0 Å². The second-order valence-electron chi connectivity index (χ2n) is 7.63. The molecule has 2 aromatic carbocycles. The van der Waals surface area contributed by atoms with Crippen LogP contribution in [-0.2, 0) is 0 Å². The van der Waals surface area contributed by atoms with Crippen molar-refractivity contribution in [2.75, 3.05) is 0 Å². The normalized spacial score (nSPS) is 12.0. The Morgan fingerprint density at radius 2 is 2.09 bits per heavy atom. The Morgan fingerprint density at radius 1 is 1.24 bits per heavy atom. The van der Waals surface area contributed by atoms with E-state index in [2.05, 4.69) is 42.8 Å². The number of pyridine rings is 1. The van der Waals surface area contributed by atoms with Crippen molar-refractivity contribution < 1.29 is 13.6 Å². The minimum absolute atomic E-state index is 0.0957. The van der Waals surface area contributed by atoms with Crippen LogP contribution in [0.4, 0.5) is 8.78 Å². The Labute approximate surface area is 200 Å². The van der Waals surface area contributed by atoms with Crippen LogP contribution in [0.2, 0.25) is 0 Å². The molecule has 1 atom stereocenters. The highest BCUT2D eigenvalue weighted by Gasteiger charge is 2.20. The molecule has 1 amide bonds. The second kappa shape index (κ2) is 8.72. The molecule has 168 valence electrons. The Bertz CT molecular complexity index is 1630. The molecule has 0 radical (unpaired) electrons. The van der Waals surface area contributed by atoms with Crippen LogP contribution in [0.15, 0.2) is 65.5 Å². The molecule has 3 aromatic heterocycles. The number of carbonyl (C=O) groups is 1. The summed E-state index contributed by atoms with van der Waals surface area (Å²) in [4.78, 5) is 19.1. The number of fused-ring (bicyclic) bond motifs is 2. The lowest BCUT2D eigenvalue weighted by molar-refractivity contribution is 0.1000. The largest absolute Gasteiger partial charge is 0.366 e. The van der Waals surface area contributed by atoms with E-state index >= 15 is 0 Å². The molecule has 5 aromatic rings. The number of nitrogens with zero attached hydrogens (tertiary/aromatic N) is 3. The van der Waals surface area contributed by atoms with Crippen LogP contribution in [0.1, 0.15) is 33.9 Å². The molecule has 0 bridgehead atoms. The summed E-state index contributed by atoms with van der Waals surface area (Å²) in [5.74, 6) is 4.23. The number of rotatable bonds is 4. The van der Waals surface area contributed by atoms with Gasteiger partial charge in [-0.05, 0) is 46.3 Å². The number of aromatic amines is 1. The van der Waals surface area contributed by atoms with E-state index in [-0.39, 0.29) is 17.5 Å².